The van der Waals surface area contributed by atoms with Crippen LogP contribution < -0.4 is 5.73 Å². The molecule has 2 N–H and O–H groups in total. The first kappa shape index (κ1) is 11.4. The first-order valence-corrected chi connectivity index (χ1v) is 7.08. The van der Waals surface area contributed by atoms with E-state index in [1.54, 1.807) is 0 Å². The van der Waals surface area contributed by atoms with E-state index in [1.807, 2.05) is 0 Å². The minimum Gasteiger partial charge on any atom is -0.327 e. The average Bonchev–Trinajstić information content (AvgIpc) is 2.81. The van der Waals surface area contributed by atoms with Crippen LogP contribution in [0.15, 0.2) is 0 Å². The fourth-order valence-electron chi connectivity index (χ4n) is 3.94. The van der Waals surface area contributed by atoms with Crippen LogP contribution in [-0.4, -0.2) is 6.04 Å². The van der Waals surface area contributed by atoms with Crippen LogP contribution in [0.4, 0.5) is 0 Å². The second kappa shape index (κ2) is 5.34. The van der Waals surface area contributed by atoms with Crippen molar-refractivity contribution >= 4 is 0 Å². The Labute approximate surface area is 94.8 Å². The van der Waals surface area contributed by atoms with Crippen molar-refractivity contribution in [1.29, 1.82) is 0 Å². The first-order chi connectivity index (χ1) is 7.33. The first-order valence-electron chi connectivity index (χ1n) is 7.08. The van der Waals surface area contributed by atoms with Gasteiger partial charge in [-0.15, -0.1) is 0 Å². The quantitative estimate of drug-likeness (QED) is 0.753. The van der Waals surface area contributed by atoms with Gasteiger partial charge < -0.3 is 5.73 Å². The van der Waals surface area contributed by atoms with Crippen LogP contribution in [0.25, 0.3) is 0 Å². The Morgan fingerprint density at radius 3 is 2.27 bits per heavy atom. The number of hydrogen-bond donors (Lipinski definition) is 1. The van der Waals surface area contributed by atoms with Gasteiger partial charge in [-0.3, -0.25) is 0 Å². The second-order valence-corrected chi connectivity index (χ2v) is 5.74. The molecular formula is C14H27N. The lowest BCUT2D eigenvalue weighted by molar-refractivity contribution is 0.162. The van der Waals surface area contributed by atoms with Crippen molar-refractivity contribution in [2.75, 3.05) is 0 Å². The van der Waals surface area contributed by atoms with E-state index in [-0.39, 0.29) is 0 Å². The van der Waals surface area contributed by atoms with Crippen molar-refractivity contribution in [3.8, 4) is 0 Å². The summed E-state index contributed by atoms with van der Waals surface area (Å²) >= 11 is 0. The summed E-state index contributed by atoms with van der Waals surface area (Å²) in [5, 5.41) is 0. The number of rotatable bonds is 3. The van der Waals surface area contributed by atoms with Gasteiger partial charge in [0.1, 0.15) is 0 Å². The molecule has 2 aliphatic rings. The smallest absolute Gasteiger partial charge is 0.00982 e. The maximum Gasteiger partial charge on any atom is 0.00982 e. The summed E-state index contributed by atoms with van der Waals surface area (Å²) in [7, 11) is 0. The summed E-state index contributed by atoms with van der Waals surface area (Å²) in [6, 6.07) is 0.526. The predicted octanol–water partition coefficient (Wildman–Crippen LogP) is 3.72. The molecule has 3 unspecified atom stereocenters. The molecule has 0 spiro atoms. The molecule has 2 fully saturated rings. The Kier molecular flexibility index (Phi) is 4.07. The van der Waals surface area contributed by atoms with E-state index in [0.29, 0.717) is 6.04 Å². The summed E-state index contributed by atoms with van der Waals surface area (Å²) in [5.41, 5.74) is 6.52. The zero-order valence-electron chi connectivity index (χ0n) is 10.3. The summed E-state index contributed by atoms with van der Waals surface area (Å²) in [4.78, 5) is 0. The fourth-order valence-corrected chi connectivity index (χ4v) is 3.94. The maximum atomic E-state index is 6.52. The SMILES string of the molecule is CCC1CCCCC1C(N)C1CCCC1. The highest BCUT2D eigenvalue weighted by atomic mass is 14.7. The lowest BCUT2D eigenvalue weighted by Crippen LogP contribution is -2.41. The minimum absolute atomic E-state index is 0.526. The summed E-state index contributed by atoms with van der Waals surface area (Å²) in [6.45, 7) is 2.35. The summed E-state index contributed by atoms with van der Waals surface area (Å²) in [5.74, 6) is 2.66. The van der Waals surface area contributed by atoms with Gasteiger partial charge in [0.25, 0.3) is 0 Å². The molecule has 0 aromatic carbocycles. The molecule has 0 aromatic heterocycles. The molecular weight excluding hydrogens is 182 g/mol. The molecule has 2 rings (SSSR count). The van der Waals surface area contributed by atoms with Gasteiger partial charge in [-0.1, -0.05) is 45.4 Å². The van der Waals surface area contributed by atoms with Gasteiger partial charge in [-0.25, -0.2) is 0 Å². The van der Waals surface area contributed by atoms with Gasteiger partial charge in [0, 0.05) is 6.04 Å². The van der Waals surface area contributed by atoms with Gasteiger partial charge in [-0.05, 0) is 37.0 Å². The summed E-state index contributed by atoms with van der Waals surface area (Å²) in [6.07, 6.45) is 12.8. The van der Waals surface area contributed by atoms with Crippen LogP contribution in [-0.2, 0) is 0 Å². The molecule has 0 aromatic rings. The Morgan fingerprint density at radius 1 is 1.00 bits per heavy atom. The molecule has 3 atom stereocenters. The molecule has 0 radical (unpaired) electrons. The van der Waals surface area contributed by atoms with Crippen LogP contribution in [0, 0.1) is 17.8 Å². The third-order valence-corrected chi connectivity index (χ3v) is 4.93. The monoisotopic (exact) mass is 209 g/mol. The largest absolute Gasteiger partial charge is 0.327 e. The van der Waals surface area contributed by atoms with Gasteiger partial charge >= 0.3 is 0 Å². The minimum atomic E-state index is 0.526. The molecule has 0 heterocycles. The lowest BCUT2D eigenvalue weighted by atomic mass is 9.71. The zero-order valence-corrected chi connectivity index (χ0v) is 10.3. The van der Waals surface area contributed by atoms with Crippen molar-refractivity contribution in [3.05, 3.63) is 0 Å². The Balaban J connectivity index is 1.93. The predicted molar refractivity (Wildman–Crippen MR) is 65.7 cm³/mol. The standard InChI is InChI=1S/C14H27N/c1-2-11-7-5-6-10-13(11)14(15)12-8-3-4-9-12/h11-14H,2-10,15H2,1H3. The Morgan fingerprint density at radius 2 is 1.60 bits per heavy atom. The molecule has 2 aliphatic carbocycles. The molecule has 0 bridgehead atoms. The van der Waals surface area contributed by atoms with E-state index in [0.717, 1.165) is 17.8 Å². The van der Waals surface area contributed by atoms with E-state index >= 15 is 0 Å². The highest BCUT2D eigenvalue weighted by Crippen LogP contribution is 2.39. The highest BCUT2D eigenvalue weighted by Gasteiger charge is 2.33. The highest BCUT2D eigenvalue weighted by molar-refractivity contribution is 4.88. The fraction of sp³-hybridized carbons (Fsp3) is 1.00. The lowest BCUT2D eigenvalue weighted by Gasteiger charge is -2.37. The zero-order chi connectivity index (χ0) is 10.7. The summed E-state index contributed by atoms with van der Waals surface area (Å²) < 4.78 is 0. The normalized spacial score (nSPS) is 35.6. The van der Waals surface area contributed by atoms with Crippen LogP contribution >= 0.6 is 0 Å². The number of nitrogens with two attached hydrogens (primary N) is 1. The maximum absolute atomic E-state index is 6.52. The van der Waals surface area contributed by atoms with Crippen LogP contribution in [0.1, 0.15) is 64.7 Å². The Hall–Kier alpha value is -0.0400. The molecule has 2 saturated carbocycles. The molecule has 0 amide bonds. The molecule has 1 heteroatoms. The molecule has 88 valence electrons. The van der Waals surface area contributed by atoms with Crippen LogP contribution in [0.2, 0.25) is 0 Å². The van der Waals surface area contributed by atoms with E-state index in [1.165, 1.54) is 57.8 Å². The van der Waals surface area contributed by atoms with Crippen molar-refractivity contribution in [1.82, 2.24) is 0 Å². The van der Waals surface area contributed by atoms with Gasteiger partial charge in [0.05, 0.1) is 0 Å². The van der Waals surface area contributed by atoms with E-state index in [2.05, 4.69) is 6.92 Å². The van der Waals surface area contributed by atoms with Crippen LogP contribution in [0.3, 0.4) is 0 Å². The van der Waals surface area contributed by atoms with Gasteiger partial charge in [0.15, 0.2) is 0 Å². The van der Waals surface area contributed by atoms with Gasteiger partial charge in [0.2, 0.25) is 0 Å². The third kappa shape index (κ3) is 2.55. The van der Waals surface area contributed by atoms with Crippen molar-refractivity contribution < 1.29 is 0 Å². The molecule has 1 nitrogen and oxygen atoms in total. The van der Waals surface area contributed by atoms with Crippen molar-refractivity contribution in [3.63, 3.8) is 0 Å². The topological polar surface area (TPSA) is 26.0 Å². The van der Waals surface area contributed by atoms with E-state index in [4.69, 9.17) is 5.73 Å². The molecule has 0 saturated heterocycles. The Bertz CT molecular complexity index is 184. The number of hydrogen-bond acceptors (Lipinski definition) is 1. The van der Waals surface area contributed by atoms with Crippen molar-refractivity contribution in [2.24, 2.45) is 23.5 Å². The van der Waals surface area contributed by atoms with Gasteiger partial charge in [-0.2, -0.15) is 0 Å². The second-order valence-electron chi connectivity index (χ2n) is 5.74. The third-order valence-electron chi connectivity index (χ3n) is 4.93. The van der Waals surface area contributed by atoms with Crippen LogP contribution in [0.5, 0.6) is 0 Å². The van der Waals surface area contributed by atoms with Crippen molar-refractivity contribution in [2.45, 2.75) is 70.8 Å². The van der Waals surface area contributed by atoms with E-state index in [9.17, 15) is 0 Å². The van der Waals surface area contributed by atoms with E-state index < -0.39 is 0 Å². The average molecular weight is 209 g/mol. The molecule has 15 heavy (non-hydrogen) atoms. The molecule has 0 aliphatic heterocycles.